The van der Waals surface area contributed by atoms with Crippen molar-refractivity contribution < 1.29 is 5.21 Å². The summed E-state index contributed by atoms with van der Waals surface area (Å²) in [6, 6.07) is 0. The van der Waals surface area contributed by atoms with Crippen LogP contribution in [-0.4, -0.2) is 47.0 Å². The van der Waals surface area contributed by atoms with E-state index < -0.39 is 0 Å². The molecule has 0 aromatic rings. The summed E-state index contributed by atoms with van der Waals surface area (Å²) in [4.78, 5) is 2.44. The first-order valence-electron chi connectivity index (χ1n) is 4.86. The van der Waals surface area contributed by atoms with E-state index in [4.69, 9.17) is 5.21 Å². The van der Waals surface area contributed by atoms with Gasteiger partial charge in [0.2, 0.25) is 0 Å². The minimum absolute atomic E-state index is 0.938. The molecular weight excluding hydrogens is 184 g/mol. The van der Waals surface area contributed by atoms with Gasteiger partial charge in [0, 0.05) is 38.2 Å². The summed E-state index contributed by atoms with van der Waals surface area (Å²) in [5, 5.41) is 11.8. The van der Waals surface area contributed by atoms with Crippen LogP contribution < -0.4 is 0 Å². The van der Waals surface area contributed by atoms with Crippen LogP contribution in [0.5, 0.6) is 0 Å². The van der Waals surface area contributed by atoms with Crippen LogP contribution >= 0.6 is 11.8 Å². The van der Waals surface area contributed by atoms with E-state index in [9.17, 15) is 0 Å². The van der Waals surface area contributed by atoms with Crippen molar-refractivity contribution in [3.8, 4) is 0 Å². The Morgan fingerprint density at radius 3 is 2.69 bits per heavy atom. The van der Waals surface area contributed by atoms with Crippen LogP contribution in [0.3, 0.4) is 0 Å². The average molecular weight is 202 g/mol. The first-order chi connectivity index (χ1) is 6.36. The van der Waals surface area contributed by atoms with Crippen LogP contribution in [0.15, 0.2) is 5.16 Å². The van der Waals surface area contributed by atoms with Gasteiger partial charge in [-0.3, -0.25) is 0 Å². The third-order valence-electron chi connectivity index (χ3n) is 2.33. The second-order valence-corrected chi connectivity index (χ2v) is 4.60. The number of oxime groups is 1. The normalized spacial score (nSPS) is 19.0. The molecule has 76 valence electrons. The Kier molecular flexibility index (Phi) is 5.23. The maximum atomic E-state index is 8.56. The summed E-state index contributed by atoms with van der Waals surface area (Å²) in [5.41, 5.74) is 0.958. The Hall–Kier alpha value is -0.220. The molecule has 0 aromatic carbocycles. The molecule has 0 saturated carbocycles. The highest BCUT2D eigenvalue weighted by molar-refractivity contribution is 7.99. The molecule has 1 saturated heterocycles. The molecule has 13 heavy (non-hydrogen) atoms. The number of hydrogen-bond acceptors (Lipinski definition) is 4. The lowest BCUT2D eigenvalue weighted by molar-refractivity contribution is 0.275. The molecule has 1 aliphatic heterocycles. The Balaban J connectivity index is 2.10. The second-order valence-electron chi connectivity index (χ2n) is 3.20. The minimum Gasteiger partial charge on any atom is -0.411 e. The predicted molar refractivity (Wildman–Crippen MR) is 57.9 cm³/mol. The summed E-state index contributed by atoms with van der Waals surface area (Å²) >= 11 is 1.99. The molecule has 1 N–H and O–H groups in total. The fourth-order valence-corrected chi connectivity index (χ4v) is 2.15. The fraction of sp³-hybridized carbons (Fsp3) is 0.889. The SMILES string of the molecule is CCSCCN1CCC(=NO)CC1. The number of nitrogens with zero attached hydrogens (tertiary/aromatic N) is 2. The Morgan fingerprint density at radius 2 is 2.15 bits per heavy atom. The highest BCUT2D eigenvalue weighted by Crippen LogP contribution is 2.08. The number of likely N-dealkylation sites (tertiary alicyclic amines) is 1. The van der Waals surface area contributed by atoms with Crippen LogP contribution in [0.25, 0.3) is 0 Å². The molecule has 0 aliphatic carbocycles. The molecule has 1 heterocycles. The maximum Gasteiger partial charge on any atom is 0.0596 e. The predicted octanol–water partition coefficient (Wildman–Crippen LogP) is 1.67. The van der Waals surface area contributed by atoms with Crippen molar-refractivity contribution in [1.29, 1.82) is 0 Å². The topological polar surface area (TPSA) is 35.8 Å². The van der Waals surface area contributed by atoms with Crippen molar-refractivity contribution in [2.24, 2.45) is 5.16 Å². The molecular formula is C9H18N2OS. The van der Waals surface area contributed by atoms with Gasteiger partial charge in [-0.25, -0.2) is 0 Å². The maximum absolute atomic E-state index is 8.56. The molecule has 0 spiro atoms. The third-order valence-corrected chi connectivity index (χ3v) is 3.21. The number of piperidine rings is 1. The lowest BCUT2D eigenvalue weighted by atomic mass is 10.1. The van der Waals surface area contributed by atoms with E-state index in [-0.39, 0.29) is 0 Å². The molecule has 0 amide bonds. The first-order valence-corrected chi connectivity index (χ1v) is 6.02. The minimum atomic E-state index is 0.938. The van der Waals surface area contributed by atoms with Gasteiger partial charge in [-0.15, -0.1) is 0 Å². The summed E-state index contributed by atoms with van der Waals surface area (Å²) < 4.78 is 0. The molecule has 0 atom stereocenters. The average Bonchev–Trinajstić information content (AvgIpc) is 2.19. The van der Waals surface area contributed by atoms with Gasteiger partial charge >= 0.3 is 0 Å². The van der Waals surface area contributed by atoms with Gasteiger partial charge in [-0.1, -0.05) is 12.1 Å². The smallest absolute Gasteiger partial charge is 0.0596 e. The molecule has 1 aliphatic rings. The van der Waals surface area contributed by atoms with Crippen molar-refractivity contribution in [3.63, 3.8) is 0 Å². The standard InChI is InChI=1S/C9H18N2OS/c1-2-13-8-7-11-5-3-9(10-12)4-6-11/h12H,2-8H2,1H3. The van der Waals surface area contributed by atoms with E-state index in [2.05, 4.69) is 17.0 Å². The number of hydrogen-bond donors (Lipinski definition) is 1. The van der Waals surface area contributed by atoms with Gasteiger partial charge < -0.3 is 10.1 Å². The molecule has 4 heteroatoms. The summed E-state index contributed by atoms with van der Waals surface area (Å²) in [6.45, 7) is 5.49. The van der Waals surface area contributed by atoms with Crippen LogP contribution in [0.4, 0.5) is 0 Å². The van der Waals surface area contributed by atoms with E-state index >= 15 is 0 Å². The van der Waals surface area contributed by atoms with Gasteiger partial charge in [-0.2, -0.15) is 11.8 Å². The zero-order valence-corrected chi connectivity index (χ0v) is 9.02. The fourth-order valence-electron chi connectivity index (χ4n) is 1.47. The molecule has 3 nitrogen and oxygen atoms in total. The van der Waals surface area contributed by atoms with Crippen molar-refractivity contribution in [1.82, 2.24) is 4.90 Å². The van der Waals surface area contributed by atoms with Crippen LogP contribution in [0.1, 0.15) is 19.8 Å². The zero-order valence-electron chi connectivity index (χ0n) is 8.20. The van der Waals surface area contributed by atoms with Crippen LogP contribution in [0, 0.1) is 0 Å². The van der Waals surface area contributed by atoms with Crippen molar-refractivity contribution in [2.75, 3.05) is 31.1 Å². The van der Waals surface area contributed by atoms with E-state index in [0.29, 0.717) is 0 Å². The van der Waals surface area contributed by atoms with Gasteiger partial charge in [0.15, 0.2) is 0 Å². The first kappa shape index (κ1) is 10.9. The molecule has 0 bridgehead atoms. The third kappa shape index (κ3) is 4.00. The van der Waals surface area contributed by atoms with Crippen molar-refractivity contribution in [3.05, 3.63) is 0 Å². The van der Waals surface area contributed by atoms with Crippen LogP contribution in [0.2, 0.25) is 0 Å². The van der Waals surface area contributed by atoms with E-state index in [1.807, 2.05) is 11.8 Å². The van der Waals surface area contributed by atoms with Gasteiger partial charge in [0.1, 0.15) is 0 Å². The Morgan fingerprint density at radius 1 is 1.46 bits per heavy atom. The van der Waals surface area contributed by atoms with Gasteiger partial charge in [-0.05, 0) is 5.75 Å². The van der Waals surface area contributed by atoms with Crippen molar-refractivity contribution >= 4 is 17.5 Å². The molecule has 0 radical (unpaired) electrons. The molecule has 1 fully saturated rings. The number of rotatable bonds is 4. The molecule has 0 unspecified atom stereocenters. The van der Waals surface area contributed by atoms with Gasteiger partial charge in [0.05, 0.1) is 5.71 Å². The Bertz CT molecular complexity index is 163. The summed E-state index contributed by atoms with van der Waals surface area (Å²) in [7, 11) is 0. The summed E-state index contributed by atoms with van der Waals surface area (Å²) in [6.07, 6.45) is 1.88. The molecule has 1 rings (SSSR count). The largest absolute Gasteiger partial charge is 0.411 e. The van der Waals surface area contributed by atoms with E-state index in [0.717, 1.165) is 31.6 Å². The summed E-state index contributed by atoms with van der Waals surface area (Å²) in [5.74, 6) is 2.43. The molecule has 0 aromatic heterocycles. The van der Waals surface area contributed by atoms with E-state index in [1.165, 1.54) is 18.1 Å². The second kappa shape index (κ2) is 6.27. The highest BCUT2D eigenvalue weighted by Gasteiger charge is 2.14. The lowest BCUT2D eigenvalue weighted by Crippen LogP contribution is -2.35. The quantitative estimate of drug-likeness (QED) is 0.428. The van der Waals surface area contributed by atoms with Crippen molar-refractivity contribution in [2.45, 2.75) is 19.8 Å². The van der Waals surface area contributed by atoms with E-state index in [1.54, 1.807) is 0 Å². The van der Waals surface area contributed by atoms with Gasteiger partial charge in [0.25, 0.3) is 0 Å². The highest BCUT2D eigenvalue weighted by atomic mass is 32.2. The number of thioether (sulfide) groups is 1. The monoisotopic (exact) mass is 202 g/mol. The lowest BCUT2D eigenvalue weighted by Gasteiger charge is -2.26. The zero-order chi connectivity index (χ0) is 9.52. The van der Waals surface area contributed by atoms with Crippen LogP contribution in [-0.2, 0) is 0 Å². The Labute approximate surface area is 84.2 Å².